The molecule has 0 radical (unpaired) electrons. The molecule has 0 spiro atoms. The monoisotopic (exact) mass is 341 g/mol. The average Bonchev–Trinajstić information content (AvgIpc) is 2.91. The summed E-state index contributed by atoms with van der Waals surface area (Å²) in [6, 6.07) is 5.20. The van der Waals surface area contributed by atoms with Crippen LogP contribution in [0.3, 0.4) is 0 Å². The van der Waals surface area contributed by atoms with Crippen molar-refractivity contribution >= 4 is 33.5 Å². The molecule has 0 aromatic heterocycles. The van der Waals surface area contributed by atoms with Crippen LogP contribution in [0.25, 0.3) is 0 Å². The molecule has 20 heavy (non-hydrogen) atoms. The van der Waals surface area contributed by atoms with Gasteiger partial charge in [0.25, 0.3) is 0 Å². The van der Waals surface area contributed by atoms with E-state index in [4.69, 9.17) is 9.84 Å². The Kier molecular flexibility index (Phi) is 3.77. The molecule has 1 aromatic rings. The second-order valence-corrected chi connectivity index (χ2v) is 6.40. The molecule has 108 valence electrons. The highest BCUT2D eigenvalue weighted by atomic mass is 79.9. The van der Waals surface area contributed by atoms with E-state index < -0.39 is 23.2 Å². The summed E-state index contributed by atoms with van der Waals surface area (Å²) in [7, 11) is 1.54. The first kappa shape index (κ1) is 14.8. The fourth-order valence-corrected chi connectivity index (χ4v) is 3.03. The summed E-state index contributed by atoms with van der Waals surface area (Å²) in [6.07, 6.45) is 0. The van der Waals surface area contributed by atoms with E-state index in [2.05, 4.69) is 21.2 Å². The normalized spacial score (nSPS) is 23.0. The van der Waals surface area contributed by atoms with E-state index in [1.807, 2.05) is 0 Å². The summed E-state index contributed by atoms with van der Waals surface area (Å²) < 4.78 is 5.89. The lowest BCUT2D eigenvalue weighted by Gasteiger charge is -2.08. The van der Waals surface area contributed by atoms with Crippen molar-refractivity contribution in [2.75, 3.05) is 12.4 Å². The van der Waals surface area contributed by atoms with Crippen molar-refractivity contribution in [2.45, 2.75) is 13.8 Å². The minimum atomic E-state index is -0.929. The van der Waals surface area contributed by atoms with Gasteiger partial charge in [0.15, 0.2) is 0 Å². The van der Waals surface area contributed by atoms with Gasteiger partial charge in [-0.15, -0.1) is 0 Å². The van der Waals surface area contributed by atoms with Crippen molar-refractivity contribution in [2.24, 2.45) is 17.3 Å². The second kappa shape index (κ2) is 5.09. The summed E-state index contributed by atoms with van der Waals surface area (Å²) in [5.74, 6) is -1.73. The van der Waals surface area contributed by atoms with Crippen molar-refractivity contribution in [3.8, 4) is 5.75 Å². The van der Waals surface area contributed by atoms with Crippen molar-refractivity contribution in [3.63, 3.8) is 0 Å². The van der Waals surface area contributed by atoms with E-state index in [1.54, 1.807) is 32.0 Å². The molecule has 0 bridgehead atoms. The van der Waals surface area contributed by atoms with Crippen molar-refractivity contribution in [1.29, 1.82) is 0 Å². The highest BCUT2D eigenvalue weighted by Gasteiger charge is 2.65. The number of rotatable bonds is 4. The molecule has 0 unspecified atom stereocenters. The van der Waals surface area contributed by atoms with Crippen molar-refractivity contribution in [3.05, 3.63) is 22.7 Å². The first-order valence-electron chi connectivity index (χ1n) is 6.15. The predicted octanol–water partition coefficient (Wildman–Crippen LogP) is 2.75. The Morgan fingerprint density at radius 3 is 2.45 bits per heavy atom. The van der Waals surface area contributed by atoms with Gasteiger partial charge in [0.2, 0.25) is 5.91 Å². The smallest absolute Gasteiger partial charge is 0.307 e. The number of carbonyl (C=O) groups excluding carboxylic acids is 1. The van der Waals surface area contributed by atoms with Crippen LogP contribution in [0.4, 0.5) is 5.69 Å². The van der Waals surface area contributed by atoms with Crippen LogP contribution in [-0.4, -0.2) is 24.1 Å². The number of carboxylic acid groups (broad SMARTS) is 1. The van der Waals surface area contributed by atoms with Gasteiger partial charge in [0.1, 0.15) is 5.75 Å². The lowest BCUT2D eigenvalue weighted by molar-refractivity contribution is -0.140. The van der Waals surface area contributed by atoms with Crippen LogP contribution in [0.2, 0.25) is 0 Å². The SMILES string of the molecule is COc1cc(Br)cc(NC(=O)[C@H]2[C@@H](C(=O)O)C2(C)C)c1. The molecule has 1 aromatic carbocycles. The molecule has 1 saturated carbocycles. The molecule has 6 heteroatoms. The number of halogens is 1. The van der Waals surface area contributed by atoms with Gasteiger partial charge in [0.05, 0.1) is 18.9 Å². The number of carbonyl (C=O) groups is 2. The third kappa shape index (κ3) is 2.65. The molecular weight excluding hydrogens is 326 g/mol. The Labute approximate surface area is 125 Å². The van der Waals surface area contributed by atoms with E-state index in [0.29, 0.717) is 11.4 Å². The number of carboxylic acids is 1. The molecule has 1 amide bonds. The van der Waals surface area contributed by atoms with Gasteiger partial charge in [-0.25, -0.2) is 0 Å². The van der Waals surface area contributed by atoms with Crippen LogP contribution in [0.5, 0.6) is 5.75 Å². The van der Waals surface area contributed by atoms with Gasteiger partial charge in [-0.3, -0.25) is 9.59 Å². The first-order valence-corrected chi connectivity index (χ1v) is 6.95. The third-order valence-corrected chi connectivity index (χ3v) is 4.21. The number of nitrogens with one attached hydrogen (secondary N) is 1. The van der Waals surface area contributed by atoms with Gasteiger partial charge in [-0.05, 0) is 17.5 Å². The zero-order chi connectivity index (χ0) is 15.1. The van der Waals surface area contributed by atoms with Gasteiger partial charge in [0, 0.05) is 16.2 Å². The lowest BCUT2D eigenvalue weighted by atomic mass is 10.1. The highest BCUT2D eigenvalue weighted by Crippen LogP contribution is 2.58. The van der Waals surface area contributed by atoms with E-state index in [-0.39, 0.29) is 5.91 Å². The molecule has 1 aliphatic carbocycles. The fraction of sp³-hybridized carbons (Fsp3) is 0.429. The molecule has 1 aliphatic rings. The van der Waals surface area contributed by atoms with Crippen LogP contribution < -0.4 is 10.1 Å². The summed E-state index contributed by atoms with van der Waals surface area (Å²) >= 11 is 3.33. The Hall–Kier alpha value is -1.56. The van der Waals surface area contributed by atoms with E-state index in [1.165, 1.54) is 7.11 Å². The molecule has 5 nitrogen and oxygen atoms in total. The van der Waals surface area contributed by atoms with Gasteiger partial charge >= 0.3 is 5.97 Å². The molecule has 0 heterocycles. The lowest BCUT2D eigenvalue weighted by Crippen LogP contribution is -2.17. The molecule has 1 fully saturated rings. The largest absolute Gasteiger partial charge is 0.497 e. The Balaban J connectivity index is 2.13. The van der Waals surface area contributed by atoms with Crippen molar-refractivity contribution < 1.29 is 19.4 Å². The zero-order valence-corrected chi connectivity index (χ0v) is 13.0. The zero-order valence-electron chi connectivity index (χ0n) is 11.4. The Morgan fingerprint density at radius 2 is 1.95 bits per heavy atom. The average molecular weight is 342 g/mol. The predicted molar refractivity (Wildman–Crippen MR) is 77.7 cm³/mol. The maximum atomic E-state index is 12.2. The van der Waals surface area contributed by atoms with Crippen LogP contribution in [0.1, 0.15) is 13.8 Å². The van der Waals surface area contributed by atoms with Crippen molar-refractivity contribution in [1.82, 2.24) is 0 Å². The summed E-state index contributed by atoms with van der Waals surface area (Å²) in [5, 5.41) is 11.8. The molecule has 0 aliphatic heterocycles. The quantitative estimate of drug-likeness (QED) is 0.882. The topological polar surface area (TPSA) is 75.6 Å². The van der Waals surface area contributed by atoms with E-state index in [0.717, 1.165) is 4.47 Å². The maximum absolute atomic E-state index is 12.2. The summed E-state index contributed by atoms with van der Waals surface area (Å²) in [5.41, 5.74) is 0.0690. The number of ether oxygens (including phenoxy) is 1. The number of methoxy groups -OCH3 is 1. The molecule has 2 atom stereocenters. The summed E-state index contributed by atoms with van der Waals surface area (Å²) in [6.45, 7) is 3.58. The number of anilines is 1. The Morgan fingerprint density at radius 1 is 1.30 bits per heavy atom. The summed E-state index contributed by atoms with van der Waals surface area (Å²) in [4.78, 5) is 23.3. The Bertz CT molecular complexity index is 570. The maximum Gasteiger partial charge on any atom is 0.307 e. The number of hydrogen-bond donors (Lipinski definition) is 2. The number of aliphatic carboxylic acids is 1. The van der Waals surface area contributed by atoms with Crippen LogP contribution in [0, 0.1) is 17.3 Å². The van der Waals surface area contributed by atoms with Crippen LogP contribution in [-0.2, 0) is 9.59 Å². The van der Waals surface area contributed by atoms with Crippen LogP contribution >= 0.6 is 15.9 Å². The number of benzene rings is 1. The van der Waals surface area contributed by atoms with Gasteiger partial charge < -0.3 is 15.2 Å². The van der Waals surface area contributed by atoms with E-state index >= 15 is 0 Å². The highest BCUT2D eigenvalue weighted by molar-refractivity contribution is 9.10. The van der Waals surface area contributed by atoms with Crippen LogP contribution in [0.15, 0.2) is 22.7 Å². The molecule has 2 N–H and O–H groups in total. The number of hydrogen-bond acceptors (Lipinski definition) is 3. The second-order valence-electron chi connectivity index (χ2n) is 5.48. The fourth-order valence-electron chi connectivity index (χ4n) is 2.56. The molecule has 2 rings (SSSR count). The van der Waals surface area contributed by atoms with Gasteiger partial charge in [-0.2, -0.15) is 0 Å². The molecule has 0 saturated heterocycles. The minimum Gasteiger partial charge on any atom is -0.497 e. The van der Waals surface area contributed by atoms with E-state index in [9.17, 15) is 9.59 Å². The van der Waals surface area contributed by atoms with Gasteiger partial charge in [-0.1, -0.05) is 29.8 Å². The standard InChI is InChI=1S/C14H16BrNO4/c1-14(2)10(11(14)13(18)19)12(17)16-8-4-7(15)5-9(6-8)20-3/h4-6,10-11H,1-3H3,(H,16,17)(H,18,19)/t10-,11+/m1/s1. The third-order valence-electron chi connectivity index (χ3n) is 3.75. The first-order chi connectivity index (χ1) is 9.27. The minimum absolute atomic E-state index is 0.275. The molecular formula is C14H16BrNO4. The number of amides is 1.